The number of hydrogen-bond acceptors (Lipinski definition) is 4. The third-order valence-electron chi connectivity index (χ3n) is 5.26. The molecule has 154 valence electrons. The molecule has 2 N–H and O–H groups in total. The fourth-order valence-corrected chi connectivity index (χ4v) is 3.88. The van der Waals surface area contributed by atoms with Gasteiger partial charge in [0.05, 0.1) is 5.39 Å². The van der Waals surface area contributed by atoms with E-state index in [1.165, 1.54) is 0 Å². The Morgan fingerprint density at radius 1 is 1.07 bits per heavy atom. The Morgan fingerprint density at radius 3 is 2.57 bits per heavy atom. The first kappa shape index (κ1) is 19.9. The lowest BCUT2D eigenvalue weighted by molar-refractivity contribution is 0.0945. The monoisotopic (exact) mass is 401 g/mol. The van der Waals surface area contributed by atoms with E-state index < -0.39 is 0 Å². The van der Waals surface area contributed by atoms with Crippen LogP contribution in [0.3, 0.4) is 0 Å². The van der Waals surface area contributed by atoms with Gasteiger partial charge in [0.2, 0.25) is 0 Å². The molecule has 0 fully saturated rings. The van der Waals surface area contributed by atoms with E-state index in [2.05, 4.69) is 57.3 Å². The topological polar surface area (TPSA) is 71.8 Å². The zero-order valence-electron chi connectivity index (χ0n) is 18.0. The quantitative estimate of drug-likeness (QED) is 0.493. The summed E-state index contributed by atoms with van der Waals surface area (Å²) in [6.07, 6.45) is 3.73. The van der Waals surface area contributed by atoms with Crippen molar-refractivity contribution in [1.29, 1.82) is 0 Å². The number of hydrogen-bond donors (Lipinski definition) is 2. The maximum Gasteiger partial charge on any atom is 0.252 e. The van der Waals surface area contributed by atoms with Crippen molar-refractivity contribution in [2.24, 2.45) is 0 Å². The highest BCUT2D eigenvalue weighted by Gasteiger charge is 2.18. The molecule has 0 aliphatic heterocycles. The molecule has 0 aliphatic rings. The lowest BCUT2D eigenvalue weighted by Gasteiger charge is -2.11. The van der Waals surface area contributed by atoms with Gasteiger partial charge in [-0.2, -0.15) is 0 Å². The summed E-state index contributed by atoms with van der Waals surface area (Å²) in [5.41, 5.74) is 3.74. The van der Waals surface area contributed by atoms with Crippen LogP contribution >= 0.6 is 0 Å². The van der Waals surface area contributed by atoms with Crippen LogP contribution in [-0.2, 0) is 0 Å². The van der Waals surface area contributed by atoms with Crippen LogP contribution in [0.5, 0.6) is 0 Å². The third-order valence-corrected chi connectivity index (χ3v) is 5.26. The van der Waals surface area contributed by atoms with Gasteiger partial charge in [-0.15, -0.1) is 0 Å². The molecule has 4 rings (SSSR count). The molecule has 0 aliphatic carbocycles. The molecule has 0 bridgehead atoms. The minimum atomic E-state index is -0.0503. The number of fused-ring (bicyclic) bond motifs is 2. The first-order chi connectivity index (χ1) is 14.4. The fourth-order valence-electron chi connectivity index (χ4n) is 3.88. The van der Waals surface area contributed by atoms with E-state index in [1.54, 1.807) is 6.33 Å². The van der Waals surface area contributed by atoms with Gasteiger partial charge in [-0.05, 0) is 56.2 Å². The molecule has 30 heavy (non-hydrogen) atoms. The Morgan fingerprint density at radius 2 is 1.87 bits per heavy atom. The standard InChI is InChI=1S/C24H27N5O/c1-14(2)28-24(30)19-8-6-7-16-11-17(9-10-18(16)19)20-12-29(15(3)4)23-21(20)22(25-5)26-13-27-23/h6-15H,1-5H3,(H,28,30)(H,25,26,27). The Labute approximate surface area is 176 Å². The van der Waals surface area contributed by atoms with Crippen LogP contribution in [0.1, 0.15) is 44.1 Å². The number of carbonyl (C=O) groups is 1. The Bertz CT molecular complexity index is 1240. The second-order valence-corrected chi connectivity index (χ2v) is 8.08. The molecule has 0 radical (unpaired) electrons. The predicted octanol–water partition coefficient (Wildman–Crippen LogP) is 5.01. The van der Waals surface area contributed by atoms with Crippen molar-refractivity contribution >= 4 is 33.5 Å². The minimum Gasteiger partial charge on any atom is -0.372 e. The molecule has 6 nitrogen and oxygen atoms in total. The maximum atomic E-state index is 12.6. The van der Waals surface area contributed by atoms with Gasteiger partial charge in [0.25, 0.3) is 5.91 Å². The second kappa shape index (κ2) is 7.78. The summed E-state index contributed by atoms with van der Waals surface area (Å²) in [6, 6.07) is 12.4. The number of nitrogens with zero attached hydrogens (tertiary/aromatic N) is 3. The van der Waals surface area contributed by atoms with Crippen molar-refractivity contribution in [3.05, 3.63) is 54.5 Å². The summed E-state index contributed by atoms with van der Waals surface area (Å²) in [5.74, 6) is 0.755. The molecule has 0 saturated heterocycles. The largest absolute Gasteiger partial charge is 0.372 e. The molecule has 6 heteroatoms. The van der Waals surface area contributed by atoms with Crippen LogP contribution < -0.4 is 10.6 Å². The van der Waals surface area contributed by atoms with Crippen LogP contribution in [0.4, 0.5) is 5.82 Å². The van der Waals surface area contributed by atoms with Crippen LogP contribution in [0.25, 0.3) is 32.9 Å². The van der Waals surface area contributed by atoms with Gasteiger partial charge in [-0.25, -0.2) is 9.97 Å². The number of anilines is 1. The summed E-state index contributed by atoms with van der Waals surface area (Å²) in [5, 5.41) is 9.15. The van der Waals surface area contributed by atoms with Gasteiger partial charge < -0.3 is 15.2 Å². The van der Waals surface area contributed by atoms with E-state index in [4.69, 9.17) is 0 Å². The lowest BCUT2D eigenvalue weighted by Crippen LogP contribution is -2.30. The van der Waals surface area contributed by atoms with Crippen molar-refractivity contribution in [2.45, 2.75) is 39.8 Å². The summed E-state index contributed by atoms with van der Waals surface area (Å²) >= 11 is 0. The number of carbonyl (C=O) groups excluding carboxylic acids is 1. The number of aromatic nitrogens is 3. The normalized spacial score (nSPS) is 11.6. The molecule has 4 aromatic rings. The van der Waals surface area contributed by atoms with Crippen LogP contribution in [-0.4, -0.2) is 33.5 Å². The molecule has 0 spiro atoms. The van der Waals surface area contributed by atoms with E-state index in [9.17, 15) is 4.79 Å². The molecule has 1 amide bonds. The highest BCUT2D eigenvalue weighted by molar-refractivity contribution is 6.09. The Kier molecular flexibility index (Phi) is 5.16. The first-order valence-electron chi connectivity index (χ1n) is 10.3. The summed E-state index contributed by atoms with van der Waals surface area (Å²) < 4.78 is 2.17. The lowest BCUT2D eigenvalue weighted by atomic mass is 9.98. The summed E-state index contributed by atoms with van der Waals surface area (Å²) in [4.78, 5) is 21.6. The van der Waals surface area contributed by atoms with E-state index >= 15 is 0 Å². The molecule has 0 atom stereocenters. The number of nitrogens with one attached hydrogen (secondary N) is 2. The smallest absolute Gasteiger partial charge is 0.252 e. The number of amides is 1. The summed E-state index contributed by atoms with van der Waals surface area (Å²) in [7, 11) is 1.87. The highest BCUT2D eigenvalue weighted by Crippen LogP contribution is 2.36. The molecule has 0 saturated carbocycles. The maximum absolute atomic E-state index is 12.6. The first-order valence-corrected chi connectivity index (χ1v) is 10.3. The Balaban J connectivity index is 1.91. The van der Waals surface area contributed by atoms with Crippen LogP contribution in [0.2, 0.25) is 0 Å². The summed E-state index contributed by atoms with van der Waals surface area (Å²) in [6.45, 7) is 8.22. The van der Waals surface area contributed by atoms with E-state index in [-0.39, 0.29) is 18.0 Å². The number of benzene rings is 2. The fraction of sp³-hybridized carbons (Fsp3) is 0.292. The van der Waals surface area contributed by atoms with Crippen molar-refractivity contribution in [2.75, 3.05) is 12.4 Å². The highest BCUT2D eigenvalue weighted by atomic mass is 16.1. The average Bonchev–Trinajstić information content (AvgIpc) is 3.12. The molecular weight excluding hydrogens is 374 g/mol. The van der Waals surface area contributed by atoms with E-state index in [0.717, 1.165) is 38.8 Å². The third kappa shape index (κ3) is 3.38. The van der Waals surface area contributed by atoms with E-state index in [1.807, 2.05) is 45.2 Å². The van der Waals surface area contributed by atoms with Crippen molar-refractivity contribution in [3.63, 3.8) is 0 Å². The van der Waals surface area contributed by atoms with Crippen molar-refractivity contribution in [1.82, 2.24) is 19.9 Å². The molecule has 2 heterocycles. The zero-order valence-corrected chi connectivity index (χ0v) is 18.0. The van der Waals surface area contributed by atoms with Crippen molar-refractivity contribution < 1.29 is 4.79 Å². The molecule has 2 aromatic carbocycles. The molecule has 0 unspecified atom stereocenters. The zero-order chi connectivity index (χ0) is 21.4. The van der Waals surface area contributed by atoms with Gasteiger partial charge in [0.1, 0.15) is 17.8 Å². The van der Waals surface area contributed by atoms with Gasteiger partial charge in [0, 0.05) is 36.5 Å². The minimum absolute atomic E-state index is 0.0503. The molecule has 2 aromatic heterocycles. The van der Waals surface area contributed by atoms with Crippen LogP contribution in [0, 0.1) is 0 Å². The SMILES string of the molecule is CNc1ncnc2c1c(-c1ccc3c(C(=O)NC(C)C)cccc3c1)cn2C(C)C. The van der Waals surface area contributed by atoms with Crippen LogP contribution in [0.15, 0.2) is 48.9 Å². The second-order valence-electron chi connectivity index (χ2n) is 8.08. The van der Waals surface area contributed by atoms with Gasteiger partial charge in [-0.1, -0.05) is 24.3 Å². The average molecular weight is 402 g/mol. The van der Waals surface area contributed by atoms with Gasteiger partial charge in [-0.3, -0.25) is 4.79 Å². The Hall–Kier alpha value is -3.41. The van der Waals surface area contributed by atoms with Crippen molar-refractivity contribution in [3.8, 4) is 11.1 Å². The predicted molar refractivity (Wildman–Crippen MR) is 123 cm³/mol. The van der Waals surface area contributed by atoms with Gasteiger partial charge in [0.15, 0.2) is 0 Å². The molecular formula is C24H27N5O. The number of rotatable bonds is 5. The van der Waals surface area contributed by atoms with Gasteiger partial charge >= 0.3 is 0 Å². The van der Waals surface area contributed by atoms with E-state index in [0.29, 0.717) is 5.56 Å².